The highest BCUT2D eigenvalue weighted by Crippen LogP contribution is 2.25. The second kappa shape index (κ2) is 5.84. The molecular formula is C11H11ClN4S. The first-order chi connectivity index (χ1) is 8.28. The summed E-state index contributed by atoms with van der Waals surface area (Å²) in [7, 11) is 0. The van der Waals surface area contributed by atoms with Crippen molar-refractivity contribution in [2.24, 2.45) is 0 Å². The van der Waals surface area contributed by atoms with Gasteiger partial charge in [0.05, 0.1) is 0 Å². The molecule has 1 aromatic carbocycles. The highest BCUT2D eigenvalue weighted by Gasteiger charge is 2.05. The lowest BCUT2D eigenvalue weighted by Crippen LogP contribution is -2.04. The molecule has 1 N–H and O–H groups in total. The van der Waals surface area contributed by atoms with Crippen molar-refractivity contribution in [1.29, 1.82) is 0 Å². The summed E-state index contributed by atoms with van der Waals surface area (Å²) in [5, 5.41) is 3.81. The quantitative estimate of drug-likeness (QED) is 0.922. The summed E-state index contributed by atoms with van der Waals surface area (Å²) in [5.41, 5.74) is 0. The first-order valence-corrected chi connectivity index (χ1v) is 6.35. The monoisotopic (exact) mass is 266 g/mol. The van der Waals surface area contributed by atoms with Crippen molar-refractivity contribution in [3.8, 4) is 0 Å². The predicted octanol–water partition coefficient (Wildman–Crippen LogP) is 3.11. The van der Waals surface area contributed by atoms with E-state index in [1.54, 1.807) is 0 Å². The smallest absolute Gasteiger partial charge is 0.228 e. The number of rotatable bonds is 4. The lowest BCUT2D eigenvalue weighted by atomic mass is 10.4. The largest absolute Gasteiger partial charge is 0.354 e. The summed E-state index contributed by atoms with van der Waals surface area (Å²) in [6.45, 7) is 2.72. The highest BCUT2D eigenvalue weighted by atomic mass is 35.5. The maximum absolute atomic E-state index is 5.84. The minimum atomic E-state index is 0.203. The summed E-state index contributed by atoms with van der Waals surface area (Å²) in [4.78, 5) is 13.4. The molecule has 17 heavy (non-hydrogen) atoms. The van der Waals surface area contributed by atoms with Crippen molar-refractivity contribution < 1.29 is 0 Å². The van der Waals surface area contributed by atoms with Crippen LogP contribution in [0.3, 0.4) is 0 Å². The minimum Gasteiger partial charge on any atom is -0.354 e. The van der Waals surface area contributed by atoms with Gasteiger partial charge in [-0.1, -0.05) is 18.2 Å². The van der Waals surface area contributed by atoms with E-state index < -0.39 is 0 Å². The van der Waals surface area contributed by atoms with Crippen LogP contribution in [-0.2, 0) is 0 Å². The van der Waals surface area contributed by atoms with E-state index in [2.05, 4.69) is 20.3 Å². The van der Waals surface area contributed by atoms with Crippen LogP contribution in [0.15, 0.2) is 40.4 Å². The molecule has 0 amide bonds. The molecule has 2 aromatic rings. The van der Waals surface area contributed by atoms with Crippen LogP contribution in [0.25, 0.3) is 0 Å². The van der Waals surface area contributed by atoms with Gasteiger partial charge in [-0.3, -0.25) is 0 Å². The van der Waals surface area contributed by atoms with Crippen LogP contribution in [0, 0.1) is 0 Å². The second-order valence-electron chi connectivity index (χ2n) is 3.16. The highest BCUT2D eigenvalue weighted by molar-refractivity contribution is 7.99. The van der Waals surface area contributed by atoms with Gasteiger partial charge in [0.2, 0.25) is 11.2 Å². The average molecular weight is 267 g/mol. The SMILES string of the molecule is CCNc1nc(Cl)nc(Sc2ccccc2)n1. The molecule has 6 heteroatoms. The summed E-state index contributed by atoms with van der Waals surface area (Å²) in [6, 6.07) is 9.89. The molecule has 1 heterocycles. The molecule has 0 saturated heterocycles. The van der Waals surface area contributed by atoms with Crippen molar-refractivity contribution in [2.75, 3.05) is 11.9 Å². The molecule has 4 nitrogen and oxygen atoms in total. The molecule has 0 atom stereocenters. The maximum atomic E-state index is 5.84. The van der Waals surface area contributed by atoms with Crippen LogP contribution in [-0.4, -0.2) is 21.5 Å². The molecule has 1 aromatic heterocycles. The Kier molecular flexibility index (Phi) is 4.17. The van der Waals surface area contributed by atoms with E-state index in [1.807, 2.05) is 37.3 Å². The van der Waals surface area contributed by atoms with Gasteiger partial charge in [0.25, 0.3) is 0 Å². The Bertz CT molecular complexity index is 492. The van der Waals surface area contributed by atoms with Gasteiger partial charge in [-0.15, -0.1) is 0 Å². The Morgan fingerprint density at radius 3 is 2.65 bits per heavy atom. The van der Waals surface area contributed by atoms with Crippen LogP contribution >= 0.6 is 23.4 Å². The molecule has 0 bridgehead atoms. The van der Waals surface area contributed by atoms with Crippen molar-refractivity contribution in [3.63, 3.8) is 0 Å². The lowest BCUT2D eigenvalue weighted by molar-refractivity contribution is 0.898. The van der Waals surface area contributed by atoms with Gasteiger partial charge >= 0.3 is 0 Å². The first kappa shape index (κ1) is 12.1. The maximum Gasteiger partial charge on any atom is 0.228 e. The zero-order valence-corrected chi connectivity index (χ0v) is 10.8. The number of hydrogen-bond acceptors (Lipinski definition) is 5. The molecule has 0 radical (unpaired) electrons. The van der Waals surface area contributed by atoms with E-state index in [1.165, 1.54) is 11.8 Å². The van der Waals surface area contributed by atoms with E-state index in [4.69, 9.17) is 11.6 Å². The standard InChI is InChI=1S/C11H11ClN4S/c1-2-13-10-14-9(12)15-11(16-10)17-8-6-4-3-5-7-8/h3-7H,2H2,1H3,(H,13,14,15,16). The number of anilines is 1. The van der Waals surface area contributed by atoms with Gasteiger partial charge in [-0.2, -0.15) is 15.0 Å². The number of nitrogens with one attached hydrogen (secondary N) is 1. The molecule has 0 aliphatic heterocycles. The number of nitrogens with zero attached hydrogens (tertiary/aromatic N) is 3. The third kappa shape index (κ3) is 3.57. The fraction of sp³-hybridized carbons (Fsp3) is 0.182. The fourth-order valence-electron chi connectivity index (χ4n) is 1.21. The Morgan fingerprint density at radius 1 is 1.18 bits per heavy atom. The minimum absolute atomic E-state index is 0.203. The molecule has 0 unspecified atom stereocenters. The first-order valence-electron chi connectivity index (χ1n) is 5.16. The summed E-state index contributed by atoms with van der Waals surface area (Å²) >= 11 is 7.29. The third-order valence-corrected chi connectivity index (χ3v) is 2.92. The van der Waals surface area contributed by atoms with Crippen LogP contribution < -0.4 is 5.32 Å². The fourth-order valence-corrected chi connectivity index (χ4v) is 2.19. The Balaban J connectivity index is 2.21. The van der Waals surface area contributed by atoms with Crippen molar-refractivity contribution >= 4 is 29.3 Å². The molecule has 0 aliphatic carbocycles. The van der Waals surface area contributed by atoms with E-state index >= 15 is 0 Å². The number of benzene rings is 1. The lowest BCUT2D eigenvalue weighted by Gasteiger charge is -2.04. The molecule has 0 saturated carbocycles. The Labute approximate surface area is 109 Å². The zero-order valence-electron chi connectivity index (χ0n) is 9.22. The van der Waals surface area contributed by atoms with E-state index in [0.29, 0.717) is 11.1 Å². The van der Waals surface area contributed by atoms with Crippen LogP contribution in [0.1, 0.15) is 6.92 Å². The van der Waals surface area contributed by atoms with Gasteiger partial charge in [0.1, 0.15) is 0 Å². The zero-order chi connectivity index (χ0) is 12.1. The molecule has 2 rings (SSSR count). The topological polar surface area (TPSA) is 50.7 Å². The van der Waals surface area contributed by atoms with Gasteiger partial charge in [0.15, 0.2) is 5.16 Å². The third-order valence-electron chi connectivity index (χ3n) is 1.87. The summed E-state index contributed by atoms with van der Waals surface area (Å²) in [5.74, 6) is 0.505. The molecular weight excluding hydrogens is 256 g/mol. The van der Waals surface area contributed by atoms with E-state index in [0.717, 1.165) is 11.4 Å². The van der Waals surface area contributed by atoms with E-state index in [9.17, 15) is 0 Å². The predicted molar refractivity (Wildman–Crippen MR) is 69.6 cm³/mol. The average Bonchev–Trinajstić information content (AvgIpc) is 2.30. The van der Waals surface area contributed by atoms with Crippen LogP contribution in [0.2, 0.25) is 5.28 Å². The normalized spacial score (nSPS) is 10.2. The number of hydrogen-bond donors (Lipinski definition) is 1. The number of aromatic nitrogens is 3. The number of halogens is 1. The molecule has 0 fully saturated rings. The Hall–Kier alpha value is -1.33. The molecule has 0 aliphatic rings. The molecule has 88 valence electrons. The van der Waals surface area contributed by atoms with Crippen molar-refractivity contribution in [1.82, 2.24) is 15.0 Å². The van der Waals surface area contributed by atoms with Crippen molar-refractivity contribution in [3.05, 3.63) is 35.6 Å². The van der Waals surface area contributed by atoms with Gasteiger partial charge < -0.3 is 5.32 Å². The van der Waals surface area contributed by atoms with Crippen molar-refractivity contribution in [2.45, 2.75) is 17.0 Å². The second-order valence-corrected chi connectivity index (χ2v) is 4.53. The van der Waals surface area contributed by atoms with Gasteiger partial charge in [-0.05, 0) is 42.4 Å². The Morgan fingerprint density at radius 2 is 1.94 bits per heavy atom. The summed E-state index contributed by atoms with van der Waals surface area (Å²) in [6.07, 6.45) is 0. The summed E-state index contributed by atoms with van der Waals surface area (Å²) < 4.78 is 0. The van der Waals surface area contributed by atoms with Crippen LogP contribution in [0.4, 0.5) is 5.95 Å². The van der Waals surface area contributed by atoms with Crippen LogP contribution in [0.5, 0.6) is 0 Å². The van der Waals surface area contributed by atoms with Gasteiger partial charge in [0, 0.05) is 11.4 Å². The molecule has 0 spiro atoms. The van der Waals surface area contributed by atoms with Gasteiger partial charge in [-0.25, -0.2) is 0 Å². The van der Waals surface area contributed by atoms with E-state index in [-0.39, 0.29) is 5.28 Å².